The first-order valence-corrected chi connectivity index (χ1v) is 9.19. The zero-order chi connectivity index (χ0) is 18.2. The Labute approximate surface area is 155 Å². The molecule has 2 aromatic rings. The van der Waals surface area contributed by atoms with Crippen molar-refractivity contribution >= 4 is 39.2 Å². The summed E-state index contributed by atoms with van der Waals surface area (Å²) in [6.45, 7) is 7.30. The minimum absolute atomic E-state index is 0.132. The molecule has 0 radical (unpaired) electrons. The molecule has 3 heterocycles. The first kappa shape index (κ1) is 17.8. The van der Waals surface area contributed by atoms with Crippen molar-refractivity contribution in [2.45, 2.75) is 45.3 Å². The number of fused-ring (bicyclic) bond motifs is 1. The Hall–Kier alpha value is -1.96. The molecule has 25 heavy (non-hydrogen) atoms. The fourth-order valence-electron chi connectivity index (χ4n) is 3.09. The average molecular weight is 410 g/mol. The van der Waals surface area contributed by atoms with Gasteiger partial charge in [-0.1, -0.05) is 0 Å². The van der Waals surface area contributed by atoms with Gasteiger partial charge in [0.15, 0.2) is 0 Å². The quantitative estimate of drug-likeness (QED) is 0.795. The second kappa shape index (κ2) is 6.74. The average Bonchev–Trinajstić information content (AvgIpc) is 2.84. The Morgan fingerprint density at radius 3 is 2.72 bits per heavy atom. The number of nitrogen functional groups attached to an aromatic ring is 1. The molecule has 0 bridgehead atoms. The van der Waals surface area contributed by atoms with Gasteiger partial charge in [-0.05, 0) is 55.6 Å². The highest BCUT2D eigenvalue weighted by atomic mass is 79.9. The summed E-state index contributed by atoms with van der Waals surface area (Å²) in [5.74, 6) is 1.58. The molecule has 1 aliphatic heterocycles. The van der Waals surface area contributed by atoms with Gasteiger partial charge in [-0.15, -0.1) is 0 Å². The van der Waals surface area contributed by atoms with E-state index in [0.717, 1.165) is 41.7 Å². The van der Waals surface area contributed by atoms with Crippen molar-refractivity contribution in [3.63, 3.8) is 0 Å². The van der Waals surface area contributed by atoms with Crippen molar-refractivity contribution in [3.8, 4) is 0 Å². The summed E-state index contributed by atoms with van der Waals surface area (Å²) in [6, 6.07) is 2.20. The zero-order valence-corrected chi connectivity index (χ0v) is 16.3. The zero-order valence-electron chi connectivity index (χ0n) is 14.8. The number of nitrogens with two attached hydrogens (primary N) is 1. The second-order valence-corrected chi connectivity index (χ2v) is 8.14. The molecule has 1 aliphatic rings. The van der Waals surface area contributed by atoms with Gasteiger partial charge in [0.25, 0.3) is 0 Å². The lowest BCUT2D eigenvalue weighted by atomic mass is 10.1. The van der Waals surface area contributed by atoms with Crippen LogP contribution in [0.2, 0.25) is 0 Å². The van der Waals surface area contributed by atoms with Crippen molar-refractivity contribution < 1.29 is 9.53 Å². The van der Waals surface area contributed by atoms with Crippen molar-refractivity contribution in [2.24, 2.45) is 0 Å². The molecule has 7 nitrogen and oxygen atoms in total. The Bertz CT molecular complexity index is 775. The number of amides is 1. The number of carbonyl (C=O) groups is 1. The lowest BCUT2D eigenvalue weighted by Crippen LogP contribution is -2.46. The molecule has 8 heteroatoms. The summed E-state index contributed by atoms with van der Waals surface area (Å²) in [6.07, 6.45) is 5.00. The van der Waals surface area contributed by atoms with Crippen LogP contribution in [0, 0.1) is 0 Å². The van der Waals surface area contributed by atoms with Crippen LogP contribution in [0.4, 0.5) is 16.4 Å². The van der Waals surface area contributed by atoms with Crippen LogP contribution in [0.1, 0.15) is 33.6 Å². The summed E-state index contributed by atoms with van der Waals surface area (Å²) in [5, 5.41) is 2.97. The number of anilines is 2. The number of nitrogens with one attached hydrogen (secondary N) is 1. The molecule has 2 aromatic heterocycles. The summed E-state index contributed by atoms with van der Waals surface area (Å²) in [4.78, 5) is 18.4. The van der Waals surface area contributed by atoms with E-state index in [1.54, 1.807) is 6.20 Å². The van der Waals surface area contributed by atoms with Crippen molar-refractivity contribution in [1.29, 1.82) is 0 Å². The number of carbonyl (C=O) groups excluding carboxylic acids is 1. The van der Waals surface area contributed by atoms with Crippen LogP contribution < -0.4 is 16.0 Å². The molecular weight excluding hydrogens is 386 g/mol. The van der Waals surface area contributed by atoms with E-state index < -0.39 is 5.60 Å². The largest absolute Gasteiger partial charge is 0.444 e. The molecule has 0 unspecified atom stereocenters. The van der Waals surface area contributed by atoms with Crippen LogP contribution in [-0.4, -0.2) is 40.2 Å². The molecule has 0 spiro atoms. The van der Waals surface area contributed by atoms with Gasteiger partial charge in [0.05, 0.1) is 0 Å². The number of aromatic nitrogens is 2. The number of piperidine rings is 1. The lowest BCUT2D eigenvalue weighted by molar-refractivity contribution is 0.0497. The predicted octanol–water partition coefficient (Wildman–Crippen LogP) is 3.17. The van der Waals surface area contributed by atoms with E-state index >= 15 is 0 Å². The first-order valence-electron chi connectivity index (χ1n) is 8.40. The highest BCUT2D eigenvalue weighted by molar-refractivity contribution is 9.10. The molecule has 0 atom stereocenters. The number of rotatable bonds is 2. The minimum atomic E-state index is -0.476. The van der Waals surface area contributed by atoms with Gasteiger partial charge in [0.2, 0.25) is 0 Å². The van der Waals surface area contributed by atoms with Gasteiger partial charge < -0.3 is 20.7 Å². The smallest absolute Gasteiger partial charge is 0.407 e. The monoisotopic (exact) mass is 409 g/mol. The van der Waals surface area contributed by atoms with Crippen molar-refractivity contribution in [1.82, 2.24) is 14.7 Å². The molecule has 1 saturated heterocycles. The maximum absolute atomic E-state index is 11.9. The topological polar surface area (TPSA) is 84.9 Å². The van der Waals surface area contributed by atoms with Crippen molar-refractivity contribution in [3.05, 3.63) is 22.9 Å². The molecule has 1 amide bonds. The summed E-state index contributed by atoms with van der Waals surface area (Å²) in [7, 11) is 0. The Balaban J connectivity index is 1.65. The van der Waals surface area contributed by atoms with Crippen LogP contribution in [0.25, 0.3) is 5.52 Å². The van der Waals surface area contributed by atoms with Gasteiger partial charge in [-0.25, -0.2) is 9.78 Å². The van der Waals surface area contributed by atoms with Gasteiger partial charge >= 0.3 is 6.09 Å². The third-order valence-corrected chi connectivity index (χ3v) is 4.79. The van der Waals surface area contributed by atoms with Crippen LogP contribution >= 0.6 is 15.9 Å². The lowest BCUT2D eigenvalue weighted by Gasteiger charge is -2.34. The first-order chi connectivity index (χ1) is 11.7. The number of alkyl carbamates (subject to hydrolysis) is 1. The summed E-state index contributed by atoms with van der Waals surface area (Å²) in [5.41, 5.74) is 6.39. The highest BCUT2D eigenvalue weighted by Crippen LogP contribution is 2.32. The van der Waals surface area contributed by atoms with Crippen molar-refractivity contribution in [2.75, 3.05) is 23.7 Å². The van der Waals surface area contributed by atoms with Crippen LogP contribution in [-0.2, 0) is 4.74 Å². The van der Waals surface area contributed by atoms with Gasteiger partial charge in [0.1, 0.15) is 22.8 Å². The second-order valence-electron chi connectivity index (χ2n) is 7.29. The molecule has 1 fully saturated rings. The number of hydrogen-bond donors (Lipinski definition) is 2. The molecular formula is C17H24BrN5O2. The fraction of sp³-hybridized carbons (Fsp3) is 0.529. The van der Waals surface area contributed by atoms with Gasteiger partial charge in [-0.3, -0.25) is 4.40 Å². The van der Waals surface area contributed by atoms with Gasteiger partial charge in [0, 0.05) is 36.0 Å². The van der Waals surface area contributed by atoms with Crippen LogP contribution in [0.5, 0.6) is 0 Å². The Kier molecular flexibility index (Phi) is 4.81. The molecule has 0 aliphatic carbocycles. The van der Waals surface area contributed by atoms with E-state index in [4.69, 9.17) is 10.5 Å². The number of nitrogens with zero attached hydrogens (tertiary/aromatic N) is 3. The summed E-state index contributed by atoms with van der Waals surface area (Å²) >= 11 is 3.57. The Morgan fingerprint density at radius 1 is 1.40 bits per heavy atom. The minimum Gasteiger partial charge on any atom is -0.444 e. The Morgan fingerprint density at radius 2 is 2.08 bits per heavy atom. The normalized spacial score (nSPS) is 16.2. The number of ether oxygens (including phenoxy) is 1. The molecule has 0 aromatic carbocycles. The van der Waals surface area contributed by atoms with E-state index in [1.807, 2.05) is 31.4 Å². The molecule has 3 N–H and O–H groups in total. The standard InChI is InChI=1S/C17H24BrN5O2/c1-17(2,3)25-16(24)21-11-4-7-22(8-5-11)13-10-12(18)14-15(19)20-6-9-23(13)14/h6,9-11H,4-5,7-8H2,1-3H3,(H2,19,20)(H,21,24). The van der Waals surface area contributed by atoms with E-state index in [9.17, 15) is 4.79 Å². The molecule has 0 saturated carbocycles. The van der Waals surface area contributed by atoms with Crippen LogP contribution in [0.3, 0.4) is 0 Å². The third kappa shape index (κ3) is 4.00. The van der Waals surface area contributed by atoms with E-state index in [2.05, 4.69) is 37.2 Å². The third-order valence-electron chi connectivity index (χ3n) is 4.18. The maximum Gasteiger partial charge on any atom is 0.407 e. The van der Waals surface area contributed by atoms with E-state index in [-0.39, 0.29) is 12.1 Å². The predicted molar refractivity (Wildman–Crippen MR) is 102 cm³/mol. The number of halogens is 1. The van der Waals surface area contributed by atoms with E-state index in [0.29, 0.717) is 5.82 Å². The molecule has 136 valence electrons. The van der Waals surface area contributed by atoms with E-state index in [1.165, 1.54) is 0 Å². The SMILES string of the molecule is CC(C)(C)OC(=O)NC1CCN(c2cc(Br)c3c(N)nccn23)CC1. The van der Waals surface area contributed by atoms with Crippen LogP contribution in [0.15, 0.2) is 22.9 Å². The van der Waals surface area contributed by atoms with Gasteiger partial charge in [-0.2, -0.15) is 0 Å². The summed E-state index contributed by atoms with van der Waals surface area (Å²) < 4.78 is 8.31. The maximum atomic E-state index is 11.9. The highest BCUT2D eigenvalue weighted by Gasteiger charge is 2.25. The fourth-order valence-corrected chi connectivity index (χ4v) is 3.69. The molecule has 3 rings (SSSR count). The number of hydrogen-bond acceptors (Lipinski definition) is 5.